The molecule has 2 heterocycles. The van der Waals surface area contributed by atoms with Crippen LogP contribution in [0.15, 0.2) is 64.9 Å². The molecule has 2 aromatic carbocycles. The first-order valence-corrected chi connectivity index (χ1v) is 12.2. The van der Waals surface area contributed by atoms with Crippen molar-refractivity contribution in [3.05, 3.63) is 71.1 Å². The van der Waals surface area contributed by atoms with Crippen LogP contribution in [0.4, 0.5) is 5.95 Å². The number of hydrogen-bond acceptors (Lipinski definition) is 9. The molecule has 0 bridgehead atoms. The summed E-state index contributed by atoms with van der Waals surface area (Å²) in [6.07, 6.45) is 3.06. The summed E-state index contributed by atoms with van der Waals surface area (Å²) in [4.78, 5) is 13.7. The Labute approximate surface area is 199 Å². The monoisotopic (exact) mass is 497 g/mol. The quantitative estimate of drug-likeness (QED) is 0.264. The molecule has 4 aromatic rings. The van der Waals surface area contributed by atoms with Crippen LogP contribution in [0.2, 0.25) is 0 Å². The van der Waals surface area contributed by atoms with Crippen LogP contribution >= 0.6 is 11.3 Å². The number of benzene rings is 2. The molecule has 4 rings (SSSR count). The first-order valence-electron chi connectivity index (χ1n) is 9.80. The van der Waals surface area contributed by atoms with Gasteiger partial charge >= 0.3 is 0 Å². The largest absolute Gasteiger partial charge is 0.496 e. The zero-order chi connectivity index (χ0) is 24.1. The van der Waals surface area contributed by atoms with Gasteiger partial charge in [0.2, 0.25) is 0 Å². The van der Waals surface area contributed by atoms with E-state index in [9.17, 15) is 13.2 Å². The molecule has 0 atom stereocenters. The second-order valence-corrected chi connectivity index (χ2v) is 9.48. The number of H-pyrrole nitrogens is 1. The molecular formula is C22H19N5O5S2. The third-order valence-electron chi connectivity index (χ3n) is 4.78. The lowest BCUT2D eigenvalue weighted by Gasteiger charge is -2.12. The number of carbonyl (C=O) groups excluding carboxylic acids is 1. The van der Waals surface area contributed by atoms with E-state index < -0.39 is 10.0 Å². The van der Waals surface area contributed by atoms with Gasteiger partial charge < -0.3 is 9.47 Å². The third kappa shape index (κ3) is 4.97. The Bertz CT molecular complexity index is 1420. The minimum Gasteiger partial charge on any atom is -0.496 e. The van der Waals surface area contributed by atoms with Crippen LogP contribution in [0.1, 0.15) is 15.9 Å². The fourth-order valence-corrected chi connectivity index (χ4v) is 4.83. The third-order valence-corrected chi connectivity index (χ3v) is 7.04. The smallest absolute Gasteiger partial charge is 0.264 e. The van der Waals surface area contributed by atoms with Crippen LogP contribution in [0.5, 0.6) is 11.5 Å². The molecule has 0 aliphatic heterocycles. The highest BCUT2D eigenvalue weighted by molar-refractivity contribution is 7.92. The number of carbonyl (C=O) groups is 1. The number of ether oxygens (including phenoxy) is 2. The molecule has 0 aliphatic rings. The minimum absolute atomic E-state index is 0.0400. The van der Waals surface area contributed by atoms with E-state index in [1.165, 1.54) is 30.3 Å². The van der Waals surface area contributed by atoms with E-state index in [4.69, 9.17) is 9.47 Å². The van der Waals surface area contributed by atoms with Crippen molar-refractivity contribution in [1.29, 1.82) is 0 Å². The Morgan fingerprint density at radius 3 is 2.47 bits per heavy atom. The van der Waals surface area contributed by atoms with E-state index >= 15 is 0 Å². The van der Waals surface area contributed by atoms with Crippen LogP contribution < -0.4 is 14.2 Å². The minimum atomic E-state index is -3.90. The number of aromatic amines is 1. The zero-order valence-corrected chi connectivity index (χ0v) is 19.7. The maximum absolute atomic E-state index is 12.7. The van der Waals surface area contributed by atoms with E-state index in [0.29, 0.717) is 22.6 Å². The lowest BCUT2D eigenvalue weighted by atomic mass is 10.0. The zero-order valence-electron chi connectivity index (χ0n) is 18.1. The number of nitrogens with zero attached hydrogens (tertiary/aromatic N) is 3. The van der Waals surface area contributed by atoms with Crippen LogP contribution in [0.25, 0.3) is 16.5 Å². The lowest BCUT2D eigenvalue weighted by molar-refractivity contribution is 0.104. The number of allylic oxidation sites excluding steroid dienone is 1. The molecule has 0 saturated heterocycles. The summed E-state index contributed by atoms with van der Waals surface area (Å²) in [7, 11) is -0.771. The Hall–Kier alpha value is -4.03. The molecule has 174 valence electrons. The predicted octanol–water partition coefficient (Wildman–Crippen LogP) is 3.64. The molecule has 0 aliphatic carbocycles. The normalized spacial score (nSPS) is 11.5. The highest BCUT2D eigenvalue weighted by Crippen LogP contribution is 2.38. The van der Waals surface area contributed by atoms with Crippen molar-refractivity contribution in [3.63, 3.8) is 0 Å². The molecule has 0 amide bonds. The van der Waals surface area contributed by atoms with Crippen molar-refractivity contribution >= 4 is 39.2 Å². The van der Waals surface area contributed by atoms with Crippen molar-refractivity contribution in [2.45, 2.75) is 4.90 Å². The van der Waals surface area contributed by atoms with Gasteiger partial charge in [-0.2, -0.15) is 0 Å². The van der Waals surface area contributed by atoms with Crippen LogP contribution in [-0.4, -0.2) is 49.0 Å². The second-order valence-electron chi connectivity index (χ2n) is 6.85. The molecule has 0 radical (unpaired) electrons. The first-order chi connectivity index (χ1) is 16.4. The molecule has 10 nitrogen and oxygen atoms in total. The summed E-state index contributed by atoms with van der Waals surface area (Å²) in [6.45, 7) is 0. The number of anilines is 1. The van der Waals surface area contributed by atoms with Crippen molar-refractivity contribution in [2.24, 2.45) is 0 Å². The van der Waals surface area contributed by atoms with Gasteiger partial charge in [0.15, 0.2) is 5.78 Å². The Kier molecular flexibility index (Phi) is 6.70. The summed E-state index contributed by atoms with van der Waals surface area (Å²) in [5.74, 6) is 0.801. The van der Waals surface area contributed by atoms with Gasteiger partial charge in [-0.15, -0.1) is 11.3 Å². The van der Waals surface area contributed by atoms with Crippen molar-refractivity contribution in [2.75, 3.05) is 18.9 Å². The number of thiophene rings is 1. The summed E-state index contributed by atoms with van der Waals surface area (Å²) in [5.41, 5.74) is 1.90. The van der Waals surface area contributed by atoms with E-state index in [0.717, 1.165) is 10.4 Å². The standard InChI is InChI=1S/C22H19N5O5S2/c1-31-19-13-20(32-2)17(21-4-3-11-33-21)12-15(19)7-10-18(28)14-5-8-16(9-6-14)34(29,30)25-22-23-26-27-24-22/h3-13H,1-2H3,(H2,23,24,25,26,27)/b10-7+. The fourth-order valence-electron chi connectivity index (χ4n) is 3.13. The number of rotatable bonds is 9. The molecule has 0 fully saturated rings. The SMILES string of the molecule is COc1cc(OC)c(-c2cccs2)cc1/C=C/C(=O)c1ccc(S(=O)(=O)Nc2nnn[nH]2)cc1. The van der Waals surface area contributed by atoms with E-state index in [1.807, 2.05) is 23.6 Å². The highest BCUT2D eigenvalue weighted by Gasteiger charge is 2.17. The maximum atomic E-state index is 12.7. The number of sulfonamides is 1. The van der Waals surface area contributed by atoms with Gasteiger partial charge in [-0.05, 0) is 64.4 Å². The van der Waals surface area contributed by atoms with E-state index in [2.05, 4.69) is 25.3 Å². The van der Waals surface area contributed by atoms with Gasteiger partial charge in [0.25, 0.3) is 16.0 Å². The first kappa shape index (κ1) is 23.1. The van der Waals surface area contributed by atoms with Crippen LogP contribution in [-0.2, 0) is 10.0 Å². The van der Waals surface area contributed by atoms with E-state index in [1.54, 1.807) is 37.7 Å². The molecule has 34 heavy (non-hydrogen) atoms. The molecule has 2 aromatic heterocycles. The fraction of sp³-hybridized carbons (Fsp3) is 0.0909. The summed E-state index contributed by atoms with van der Waals surface area (Å²) >= 11 is 1.57. The van der Waals surface area contributed by atoms with Gasteiger partial charge in [-0.25, -0.2) is 18.2 Å². The van der Waals surface area contributed by atoms with Crippen molar-refractivity contribution in [1.82, 2.24) is 20.6 Å². The van der Waals surface area contributed by atoms with Gasteiger partial charge in [0.1, 0.15) is 11.5 Å². The van der Waals surface area contributed by atoms with Crippen molar-refractivity contribution < 1.29 is 22.7 Å². The Morgan fingerprint density at radius 1 is 1.09 bits per heavy atom. The maximum Gasteiger partial charge on any atom is 0.264 e. The lowest BCUT2D eigenvalue weighted by Crippen LogP contribution is -2.14. The van der Waals surface area contributed by atoms with Gasteiger partial charge in [-0.1, -0.05) is 11.2 Å². The van der Waals surface area contributed by atoms with Gasteiger partial charge in [-0.3, -0.25) is 4.79 Å². The number of methoxy groups -OCH3 is 2. The molecule has 12 heteroatoms. The second kappa shape index (κ2) is 9.85. The summed E-state index contributed by atoms with van der Waals surface area (Å²) in [5, 5.41) is 14.4. The Balaban J connectivity index is 1.56. The Morgan fingerprint density at radius 2 is 1.85 bits per heavy atom. The van der Waals surface area contributed by atoms with E-state index in [-0.39, 0.29) is 16.6 Å². The van der Waals surface area contributed by atoms with Crippen LogP contribution in [0, 0.1) is 0 Å². The summed E-state index contributed by atoms with van der Waals surface area (Å²) < 4.78 is 38.0. The van der Waals surface area contributed by atoms with Gasteiger partial charge in [0, 0.05) is 27.6 Å². The molecule has 0 saturated carbocycles. The molecule has 2 N–H and O–H groups in total. The molecule has 0 spiro atoms. The predicted molar refractivity (Wildman–Crippen MR) is 128 cm³/mol. The average molecular weight is 498 g/mol. The number of nitrogens with one attached hydrogen (secondary N) is 2. The topological polar surface area (TPSA) is 136 Å². The number of ketones is 1. The number of aromatic nitrogens is 4. The van der Waals surface area contributed by atoms with Crippen molar-refractivity contribution in [3.8, 4) is 21.9 Å². The molecular weight excluding hydrogens is 478 g/mol. The molecule has 0 unspecified atom stereocenters. The average Bonchev–Trinajstić information content (AvgIpc) is 3.56. The highest BCUT2D eigenvalue weighted by atomic mass is 32.2. The van der Waals surface area contributed by atoms with Crippen LogP contribution in [0.3, 0.4) is 0 Å². The number of hydrogen-bond donors (Lipinski definition) is 2. The van der Waals surface area contributed by atoms with Gasteiger partial charge in [0.05, 0.1) is 19.1 Å². The summed E-state index contributed by atoms with van der Waals surface area (Å²) in [6, 6.07) is 13.1. The number of tetrazole rings is 1.